The Labute approximate surface area is 505 Å². The number of phosphoric acid groups is 1. The number of benzene rings is 2. The number of amides is 7. The quantitative estimate of drug-likeness (QED) is 0.0397. The normalized spacial score (nSPS) is 28.8. The van der Waals surface area contributed by atoms with Crippen LogP contribution >= 0.6 is 7.82 Å². The average Bonchev–Trinajstić information content (AvgIpc) is 3.89. The molecule has 3 aliphatic rings. The van der Waals surface area contributed by atoms with Gasteiger partial charge in [0, 0.05) is 37.4 Å². The molecule has 0 aliphatic carbocycles. The van der Waals surface area contributed by atoms with Gasteiger partial charge in [0.25, 0.3) is 17.7 Å². The first kappa shape index (κ1) is 70.4. The van der Waals surface area contributed by atoms with Gasteiger partial charge in [-0.2, -0.15) is 0 Å². The monoisotopic (exact) mass is 1170 g/mol. The zero-order valence-corrected chi connectivity index (χ0v) is 50.1. The Kier molecular flexibility index (Phi) is 27.4. The van der Waals surface area contributed by atoms with Crippen LogP contribution in [0, 0.1) is 5.92 Å². The summed E-state index contributed by atoms with van der Waals surface area (Å²) >= 11 is 0. The van der Waals surface area contributed by atoms with Crippen LogP contribution in [-0.4, -0.2) is 196 Å². The van der Waals surface area contributed by atoms with Crippen LogP contribution in [0.25, 0.3) is 0 Å². The molecule has 3 fully saturated rings. The molecule has 7 amide bonds. The van der Waals surface area contributed by atoms with Gasteiger partial charge in [0.1, 0.15) is 73.9 Å². The van der Waals surface area contributed by atoms with E-state index in [2.05, 4.69) is 32.7 Å². The van der Waals surface area contributed by atoms with Gasteiger partial charge < -0.3 is 106 Å². The maximum Gasteiger partial charge on any atom is 1.00 e. The van der Waals surface area contributed by atoms with E-state index in [1.807, 2.05) is 5.32 Å². The van der Waals surface area contributed by atoms with E-state index in [-0.39, 0.29) is 70.2 Å². The number of ether oxygens (including phenoxy) is 1. The Bertz CT molecular complexity index is 2480. The maximum atomic E-state index is 14.4. The summed E-state index contributed by atoms with van der Waals surface area (Å²) in [6, 6.07) is -1.14. The van der Waals surface area contributed by atoms with Gasteiger partial charge in [0.05, 0.1) is 24.9 Å². The number of nitrogens with zero attached hydrogens (tertiary/aromatic N) is 2. The van der Waals surface area contributed by atoms with Gasteiger partial charge in [-0.3, -0.25) is 33.6 Å². The summed E-state index contributed by atoms with van der Waals surface area (Å²) in [5, 5.41) is 112. The van der Waals surface area contributed by atoms with E-state index in [0.29, 0.717) is 22.2 Å². The molecule has 0 aromatic heterocycles. The van der Waals surface area contributed by atoms with Gasteiger partial charge in [-0.05, 0) is 62.2 Å². The zero-order chi connectivity index (χ0) is 58.0. The molecule has 2 aromatic rings. The van der Waals surface area contributed by atoms with Crippen LogP contribution in [-0.2, 0) is 33.3 Å². The van der Waals surface area contributed by atoms with Gasteiger partial charge in [0.2, 0.25) is 29.4 Å². The number of fused-ring (bicyclic) bond motifs is 2. The number of phosphoric ester groups is 1. The molecule has 14 N–H and O–H groups in total. The van der Waals surface area contributed by atoms with Crippen molar-refractivity contribution in [2.75, 3.05) is 19.7 Å². The van der Waals surface area contributed by atoms with E-state index in [1.165, 1.54) is 31.2 Å². The fourth-order valence-corrected chi connectivity index (χ4v) is 9.65. The largest absolute Gasteiger partial charge is 1.00 e. The number of nitrogens with one attached hydrogen (secondary N) is 5. The molecule has 3 saturated heterocycles. The maximum absolute atomic E-state index is 14.4. The van der Waals surface area contributed by atoms with Gasteiger partial charge in [-0.15, -0.1) is 0 Å². The standard InChI is InChI=1S/C49H72N7O21P.2Na/c1-5-6-7-8-9-10-19-76-30-15-13-28(14-16-30)41(64)50-32-21-34(60)44(67)54-48(71)49(72)40(63)24(2)22-56(49)47(70)36(26(4)58)52-45(68)37(39(62)38(61)27-11-17-31(18-12-27)77-78(73,74)75)53-43(66)33-20-29(59)23-55(33)46(69)35(25(3)57)51-42(32)65;;/h11-18,24-26,29,32-40,44,57-63,67,72H,5-10,19-23H2,1-4H3,(H,50,64)(H,51,65)(H,52,68)(H,53,66)(H,54,71)(H2,73,74,75);;/q;2*+1/p-2/t24-,25+,26+,29+,32+,33-,34+,35-,36-,37-,38-,39-,40-,44+,49+;;/m0../s1. The van der Waals surface area contributed by atoms with Crippen molar-refractivity contribution in [2.24, 2.45) is 5.92 Å². The van der Waals surface area contributed by atoms with Gasteiger partial charge in [-0.1, -0.05) is 58.1 Å². The van der Waals surface area contributed by atoms with E-state index in [9.17, 15) is 93.9 Å². The van der Waals surface area contributed by atoms with Crippen molar-refractivity contribution in [3.8, 4) is 11.5 Å². The Morgan fingerprint density at radius 2 is 1.30 bits per heavy atom. The van der Waals surface area contributed by atoms with Crippen molar-refractivity contribution in [3.05, 3.63) is 59.7 Å². The molecule has 3 heterocycles. The molecule has 31 heteroatoms. The Balaban J connectivity index is 0.00000840. The van der Waals surface area contributed by atoms with Crippen LogP contribution < -0.4 is 105 Å². The molecule has 0 spiro atoms. The molecule has 15 atom stereocenters. The van der Waals surface area contributed by atoms with E-state index in [4.69, 9.17) is 4.74 Å². The van der Waals surface area contributed by atoms with Crippen LogP contribution in [0.5, 0.6) is 11.5 Å². The third-order valence-corrected chi connectivity index (χ3v) is 14.1. The number of unbranched alkanes of at least 4 members (excludes halogenated alkanes) is 5. The molecule has 0 unspecified atom stereocenters. The van der Waals surface area contributed by atoms with Crippen LogP contribution in [0.15, 0.2) is 48.5 Å². The Morgan fingerprint density at radius 3 is 1.89 bits per heavy atom. The summed E-state index contributed by atoms with van der Waals surface area (Å²) in [5.74, 6) is -11.0. The van der Waals surface area contributed by atoms with Crippen LogP contribution in [0.4, 0.5) is 0 Å². The number of carbonyl (C=O) groups is 7. The zero-order valence-electron chi connectivity index (χ0n) is 45.2. The predicted molar refractivity (Wildman–Crippen MR) is 264 cm³/mol. The summed E-state index contributed by atoms with van der Waals surface area (Å²) < 4.78 is 21.2. The number of aliphatic hydroxyl groups excluding tert-OH is 8. The fourth-order valence-electron chi connectivity index (χ4n) is 9.27. The smallest absolute Gasteiger partial charge is 0.780 e. The summed E-state index contributed by atoms with van der Waals surface area (Å²) in [6.45, 7) is 4.46. The predicted octanol–water partition coefficient (Wildman–Crippen LogP) is -11.3. The molecular formula is C49H70N7Na2O21P. The Hall–Kier alpha value is -3.88. The number of carbonyl (C=O) groups excluding carboxylic acids is 7. The molecule has 0 radical (unpaired) electrons. The summed E-state index contributed by atoms with van der Waals surface area (Å²) in [4.78, 5) is 123. The van der Waals surface area contributed by atoms with Crippen LogP contribution in [0.2, 0.25) is 0 Å². The second-order valence-electron chi connectivity index (χ2n) is 19.9. The molecule has 3 aliphatic heterocycles. The van der Waals surface area contributed by atoms with Crippen molar-refractivity contribution in [1.29, 1.82) is 0 Å². The summed E-state index contributed by atoms with van der Waals surface area (Å²) in [5.41, 5.74) is -3.73. The van der Waals surface area contributed by atoms with E-state index in [0.717, 1.165) is 76.6 Å². The third-order valence-electron chi connectivity index (χ3n) is 13.7. The topological polar surface area (TPSA) is 450 Å². The van der Waals surface area contributed by atoms with Crippen molar-refractivity contribution < 1.29 is 162 Å². The summed E-state index contributed by atoms with van der Waals surface area (Å²) in [7, 11) is -5.56. The van der Waals surface area contributed by atoms with E-state index >= 15 is 0 Å². The minimum Gasteiger partial charge on any atom is -0.780 e. The third kappa shape index (κ3) is 18.1. The van der Waals surface area contributed by atoms with Crippen molar-refractivity contribution in [2.45, 2.75) is 164 Å². The fraction of sp³-hybridized carbons (Fsp3) is 0.612. The SMILES string of the molecule is CCCCCCCCOc1ccc(C(=O)N[C@@H]2C[C@@H](O)[C@@H](O)NC(=O)[C@]3(O)[C@@H](O)[C@@H](C)CN3C(=O)[C@H]([C@@H](C)O)NC(=O)[C@H]([C@H](O)[C@@H](O)c3ccc(OP(=O)([O-])[O-])cc3)NC(=O)[C@@H]3C[C@@H](O)CN3C(=O)[C@H]([C@@H](C)O)NC2=O)cc1.[Na+].[Na+]. The first-order valence-corrected chi connectivity index (χ1v) is 26.9. The molecular weight excluding hydrogens is 1100 g/mol. The minimum atomic E-state index is -5.56. The van der Waals surface area contributed by atoms with E-state index < -0.39 is 172 Å². The Morgan fingerprint density at radius 1 is 0.750 bits per heavy atom. The second-order valence-corrected chi connectivity index (χ2v) is 20.9. The number of hydrogen-bond donors (Lipinski definition) is 14. The number of aliphatic hydroxyl groups is 9. The first-order valence-electron chi connectivity index (χ1n) is 25.5. The van der Waals surface area contributed by atoms with E-state index in [1.54, 1.807) is 0 Å². The molecule has 5 rings (SSSR count). The molecule has 0 bridgehead atoms. The first-order chi connectivity index (χ1) is 36.6. The molecule has 434 valence electrons. The van der Waals surface area contributed by atoms with Crippen LogP contribution in [0.1, 0.15) is 101 Å². The minimum absolute atomic E-state index is 0. The van der Waals surface area contributed by atoms with Crippen LogP contribution in [0.3, 0.4) is 0 Å². The average molecular weight is 1170 g/mol. The van der Waals surface area contributed by atoms with Crippen molar-refractivity contribution in [1.82, 2.24) is 36.4 Å². The summed E-state index contributed by atoms with van der Waals surface area (Å²) in [6.07, 6.45) is -12.4. The van der Waals surface area contributed by atoms with Gasteiger partial charge >= 0.3 is 59.1 Å². The van der Waals surface area contributed by atoms with Gasteiger partial charge in [0.15, 0.2) is 6.23 Å². The molecule has 0 saturated carbocycles. The molecule has 80 heavy (non-hydrogen) atoms. The molecule has 28 nitrogen and oxygen atoms in total. The van der Waals surface area contributed by atoms with Crippen molar-refractivity contribution >= 4 is 49.2 Å². The van der Waals surface area contributed by atoms with Gasteiger partial charge in [-0.25, -0.2) is 0 Å². The molecule has 2 aromatic carbocycles. The number of hydrogen-bond acceptors (Lipinski definition) is 21. The second kappa shape index (κ2) is 31.1. The van der Waals surface area contributed by atoms with Crippen molar-refractivity contribution in [3.63, 3.8) is 0 Å². The number of rotatable bonds is 17.